The van der Waals surface area contributed by atoms with E-state index in [4.69, 9.17) is 25.8 Å². The average Bonchev–Trinajstić information content (AvgIpc) is 2.76. The lowest BCUT2D eigenvalue weighted by Gasteiger charge is -2.40. The monoisotopic (exact) mass is 490 g/mol. The number of aliphatic hydroxyl groups excluding tert-OH is 3. The van der Waals surface area contributed by atoms with Gasteiger partial charge in [0.2, 0.25) is 13.7 Å². The molecule has 0 spiro atoms. The van der Waals surface area contributed by atoms with E-state index in [2.05, 4.69) is 0 Å². The van der Waals surface area contributed by atoms with Crippen LogP contribution in [0.5, 0.6) is 11.5 Å². The zero-order chi connectivity index (χ0) is 23.5. The molecule has 1 saturated heterocycles. The molecule has 32 heavy (non-hydrogen) atoms. The fourth-order valence-electron chi connectivity index (χ4n) is 3.38. The van der Waals surface area contributed by atoms with Gasteiger partial charge in [0.05, 0.1) is 19.4 Å². The van der Waals surface area contributed by atoms with Crippen molar-refractivity contribution in [3.05, 3.63) is 58.9 Å². The van der Waals surface area contributed by atoms with E-state index in [1.807, 2.05) is 0 Å². The van der Waals surface area contributed by atoms with E-state index < -0.39 is 50.1 Å². The zero-order valence-corrected chi connectivity index (χ0v) is 18.8. The predicted molar refractivity (Wildman–Crippen MR) is 115 cm³/mol. The van der Waals surface area contributed by atoms with Crippen LogP contribution in [0.2, 0.25) is 5.02 Å². The maximum absolute atomic E-state index is 14.0. The maximum atomic E-state index is 14.0. The average molecular weight is 491 g/mol. The fraction of sp³-hybridized carbons (Fsp3) is 0.429. The van der Waals surface area contributed by atoms with Crippen molar-refractivity contribution in [1.29, 1.82) is 0 Å². The van der Waals surface area contributed by atoms with E-state index in [-0.39, 0.29) is 23.2 Å². The highest BCUT2D eigenvalue weighted by Gasteiger charge is 2.45. The Balaban J connectivity index is 1.66. The van der Waals surface area contributed by atoms with Crippen LogP contribution in [0.1, 0.15) is 12.0 Å². The van der Waals surface area contributed by atoms with Crippen LogP contribution in [0, 0.1) is 5.82 Å². The predicted octanol–water partition coefficient (Wildman–Crippen LogP) is 2.53. The van der Waals surface area contributed by atoms with Gasteiger partial charge in [0.1, 0.15) is 35.6 Å². The van der Waals surface area contributed by atoms with Crippen LogP contribution in [0.3, 0.4) is 0 Å². The van der Waals surface area contributed by atoms with Crippen molar-refractivity contribution in [3.63, 3.8) is 0 Å². The molecule has 1 aliphatic heterocycles. The van der Waals surface area contributed by atoms with Crippen molar-refractivity contribution in [3.8, 4) is 11.5 Å². The lowest BCUT2D eigenvalue weighted by Crippen LogP contribution is -2.59. The van der Waals surface area contributed by atoms with Crippen LogP contribution in [-0.4, -0.2) is 64.2 Å². The maximum Gasteiger partial charge on any atom is 0.229 e. The van der Waals surface area contributed by atoms with Gasteiger partial charge in [-0.15, -0.1) is 0 Å². The van der Waals surface area contributed by atoms with Crippen molar-refractivity contribution in [2.45, 2.75) is 43.3 Å². The molecule has 6 atom stereocenters. The number of rotatable bonds is 8. The molecule has 2 aromatic rings. The molecule has 0 saturated carbocycles. The molecule has 8 nitrogen and oxygen atoms in total. The van der Waals surface area contributed by atoms with Crippen LogP contribution in [-0.2, 0) is 15.5 Å². The smallest absolute Gasteiger partial charge is 0.229 e. The highest BCUT2D eigenvalue weighted by atomic mass is 35.5. The number of hydrogen-bond donors (Lipinski definition) is 4. The minimum atomic E-state index is -3.91. The number of aliphatic hydroxyl groups is 3. The van der Waals surface area contributed by atoms with Gasteiger partial charge in [0.25, 0.3) is 0 Å². The van der Waals surface area contributed by atoms with Crippen molar-refractivity contribution in [2.75, 3.05) is 13.3 Å². The van der Waals surface area contributed by atoms with Gasteiger partial charge in [-0.3, -0.25) is 4.57 Å². The first kappa shape index (κ1) is 24.9. The zero-order valence-electron chi connectivity index (χ0n) is 17.2. The second-order valence-electron chi connectivity index (χ2n) is 7.52. The van der Waals surface area contributed by atoms with Crippen LogP contribution >= 0.6 is 19.0 Å². The molecular weight excluding hydrogens is 466 g/mol. The molecular formula is C21H25ClFO8P. The van der Waals surface area contributed by atoms with E-state index in [9.17, 15) is 29.2 Å². The normalized spacial score (nSPS) is 27.5. The molecule has 3 rings (SSSR count). The van der Waals surface area contributed by atoms with Gasteiger partial charge >= 0.3 is 0 Å². The summed E-state index contributed by atoms with van der Waals surface area (Å²) >= 11 is 5.94. The van der Waals surface area contributed by atoms with Crippen LogP contribution < -0.4 is 9.47 Å². The molecule has 2 aromatic carbocycles. The third kappa shape index (κ3) is 5.99. The molecule has 0 bridgehead atoms. The fourth-order valence-corrected chi connectivity index (χ4v) is 5.33. The number of methoxy groups -OCH3 is 1. The standard InChI is InChI=1S/C21H25ClFO8P/c1-29-12-5-7-13(8-6-12)30-21-20(26)19(25)18(24)17(31-21)9-10-32(27,28)11-14-15(22)3-2-4-16(14)23/h2-8,17-21,24-26H,9-11H2,1H3,(H,27,28)/t17-,18-,19+,20+,21?/m1/s1. The largest absolute Gasteiger partial charge is 0.497 e. The van der Waals surface area contributed by atoms with Crippen molar-refractivity contribution in [1.82, 2.24) is 0 Å². The molecule has 4 N–H and O–H groups in total. The Bertz CT molecular complexity index is 939. The third-order valence-corrected chi connectivity index (χ3v) is 7.33. The number of halogens is 2. The molecule has 1 heterocycles. The number of ether oxygens (including phenoxy) is 3. The van der Waals surface area contributed by atoms with Gasteiger partial charge in [-0.05, 0) is 42.8 Å². The quantitative estimate of drug-likeness (QED) is 0.416. The van der Waals surface area contributed by atoms with E-state index >= 15 is 0 Å². The second kappa shape index (κ2) is 10.5. The summed E-state index contributed by atoms with van der Waals surface area (Å²) in [6.45, 7) is 0. The second-order valence-corrected chi connectivity index (χ2v) is 10.4. The summed E-state index contributed by atoms with van der Waals surface area (Å²) in [5.74, 6) is 0.218. The van der Waals surface area contributed by atoms with Gasteiger partial charge < -0.3 is 34.4 Å². The topological polar surface area (TPSA) is 126 Å². The minimum Gasteiger partial charge on any atom is -0.497 e. The SMILES string of the molecule is COc1ccc(OC2O[C@H](CCP(=O)(O)Cc3c(F)cccc3Cl)[C@@H](O)[C@H](O)[C@@H]2O)cc1. The Kier molecular flexibility index (Phi) is 8.16. The Hall–Kier alpha value is -1.71. The lowest BCUT2D eigenvalue weighted by molar-refractivity contribution is -0.272. The molecule has 0 radical (unpaired) electrons. The molecule has 176 valence electrons. The molecule has 2 unspecified atom stereocenters. The van der Waals surface area contributed by atoms with Gasteiger partial charge in [0, 0.05) is 16.7 Å². The van der Waals surface area contributed by atoms with Crippen molar-refractivity contribution < 1.29 is 43.4 Å². The lowest BCUT2D eigenvalue weighted by atomic mass is 9.97. The highest BCUT2D eigenvalue weighted by Crippen LogP contribution is 2.47. The van der Waals surface area contributed by atoms with E-state index in [1.54, 1.807) is 24.3 Å². The van der Waals surface area contributed by atoms with Gasteiger partial charge in [0.15, 0.2) is 0 Å². The van der Waals surface area contributed by atoms with Crippen LogP contribution in [0.15, 0.2) is 42.5 Å². The molecule has 1 aliphatic rings. The van der Waals surface area contributed by atoms with Crippen LogP contribution in [0.4, 0.5) is 4.39 Å². The third-order valence-electron chi connectivity index (χ3n) is 5.21. The van der Waals surface area contributed by atoms with Gasteiger partial charge in [-0.2, -0.15) is 0 Å². The Morgan fingerprint density at radius 3 is 2.34 bits per heavy atom. The van der Waals surface area contributed by atoms with Gasteiger partial charge in [-0.1, -0.05) is 17.7 Å². The molecule has 1 fully saturated rings. The summed E-state index contributed by atoms with van der Waals surface area (Å²) in [6.07, 6.45) is -8.07. The van der Waals surface area contributed by atoms with Crippen LogP contribution in [0.25, 0.3) is 0 Å². The van der Waals surface area contributed by atoms with E-state index in [1.165, 1.54) is 19.2 Å². The van der Waals surface area contributed by atoms with Crippen molar-refractivity contribution in [2.24, 2.45) is 0 Å². The molecule has 11 heteroatoms. The number of hydrogen-bond acceptors (Lipinski definition) is 7. The van der Waals surface area contributed by atoms with E-state index in [0.29, 0.717) is 11.5 Å². The Morgan fingerprint density at radius 1 is 1.06 bits per heavy atom. The van der Waals surface area contributed by atoms with E-state index in [0.717, 1.165) is 6.07 Å². The minimum absolute atomic E-state index is 0.0414. The summed E-state index contributed by atoms with van der Waals surface area (Å²) in [5, 5.41) is 30.7. The first-order valence-corrected chi connectivity index (χ1v) is 12.3. The summed E-state index contributed by atoms with van der Waals surface area (Å²) < 4.78 is 42.9. The van der Waals surface area contributed by atoms with Gasteiger partial charge in [-0.25, -0.2) is 4.39 Å². The summed E-state index contributed by atoms with van der Waals surface area (Å²) in [4.78, 5) is 10.3. The molecule has 0 aromatic heterocycles. The summed E-state index contributed by atoms with van der Waals surface area (Å²) in [7, 11) is -2.40. The Labute approximate surface area is 189 Å². The molecule has 0 aliphatic carbocycles. The summed E-state index contributed by atoms with van der Waals surface area (Å²) in [6, 6.07) is 10.4. The summed E-state index contributed by atoms with van der Waals surface area (Å²) in [5.41, 5.74) is -0.0683. The highest BCUT2D eigenvalue weighted by molar-refractivity contribution is 7.57. The first-order chi connectivity index (χ1) is 15.1. The Morgan fingerprint density at radius 2 is 1.72 bits per heavy atom. The first-order valence-electron chi connectivity index (χ1n) is 9.85. The molecule has 0 amide bonds. The number of benzene rings is 2. The van der Waals surface area contributed by atoms with Crippen molar-refractivity contribution >= 4 is 19.0 Å².